The van der Waals surface area contributed by atoms with Crippen molar-refractivity contribution in [3.8, 4) is 17.6 Å². The number of carbonyl (C=O) groups is 1. The van der Waals surface area contributed by atoms with Crippen molar-refractivity contribution in [2.24, 2.45) is 5.73 Å². The highest BCUT2D eigenvalue weighted by Crippen LogP contribution is 2.43. The maximum atomic E-state index is 12.6. The fraction of sp³-hybridized carbons (Fsp3) is 0.0435. The lowest BCUT2D eigenvalue weighted by Gasteiger charge is -2.26. The number of nitrogens with two attached hydrogens (primary N) is 1. The number of carbonyl (C=O) groups excluding carboxylic acids is 1. The van der Waals surface area contributed by atoms with Crippen molar-refractivity contribution in [2.45, 2.75) is 5.92 Å². The molecule has 164 valence electrons. The van der Waals surface area contributed by atoms with Crippen LogP contribution in [0.3, 0.4) is 0 Å². The Hall–Kier alpha value is -4.06. The van der Waals surface area contributed by atoms with Crippen LogP contribution in [0.5, 0.6) is 11.5 Å². The SMILES string of the molecule is N#CC1=C(N)Oc2cc(OC(=O)c3cc([N+](=O)[O-])ccc3Cl)ccc2C1c1cccc(Cl)c1. The van der Waals surface area contributed by atoms with Gasteiger partial charge in [-0.3, -0.25) is 10.1 Å². The van der Waals surface area contributed by atoms with Crippen LogP contribution in [-0.2, 0) is 0 Å². The number of nitro groups is 1. The van der Waals surface area contributed by atoms with Crippen LogP contribution in [-0.4, -0.2) is 10.9 Å². The predicted octanol–water partition coefficient (Wildman–Crippen LogP) is 5.34. The third kappa shape index (κ3) is 4.32. The van der Waals surface area contributed by atoms with Gasteiger partial charge in [-0.1, -0.05) is 41.4 Å². The molecule has 8 nitrogen and oxygen atoms in total. The zero-order chi connectivity index (χ0) is 23.7. The zero-order valence-corrected chi connectivity index (χ0v) is 18.1. The van der Waals surface area contributed by atoms with Crippen LogP contribution in [0.4, 0.5) is 5.69 Å². The van der Waals surface area contributed by atoms with Gasteiger partial charge in [0.2, 0.25) is 5.88 Å². The van der Waals surface area contributed by atoms with Crippen LogP contribution in [0.1, 0.15) is 27.4 Å². The molecule has 0 amide bonds. The molecule has 3 aromatic rings. The minimum atomic E-state index is -0.882. The molecule has 0 bridgehead atoms. The lowest BCUT2D eigenvalue weighted by Crippen LogP contribution is -2.21. The standard InChI is InChI=1S/C23H13Cl2N3O5/c24-13-3-1-2-12(8-13)21-16-6-5-15(10-20(16)33-22(27)18(21)11-26)32-23(29)17-9-14(28(30)31)4-7-19(17)25/h1-10,21H,27H2. The van der Waals surface area contributed by atoms with E-state index in [-0.39, 0.29) is 39.2 Å². The number of benzene rings is 3. The van der Waals surface area contributed by atoms with Crippen LogP contribution < -0.4 is 15.2 Å². The number of nitriles is 1. The molecule has 1 aliphatic rings. The third-order valence-electron chi connectivity index (χ3n) is 4.96. The fourth-order valence-corrected chi connectivity index (χ4v) is 3.87. The summed E-state index contributed by atoms with van der Waals surface area (Å²) in [5.41, 5.74) is 7.11. The van der Waals surface area contributed by atoms with E-state index < -0.39 is 16.8 Å². The molecule has 1 heterocycles. The number of nitro benzene ring substituents is 1. The highest BCUT2D eigenvalue weighted by Gasteiger charge is 2.31. The van der Waals surface area contributed by atoms with Gasteiger partial charge < -0.3 is 15.2 Å². The summed E-state index contributed by atoms with van der Waals surface area (Å²) in [4.78, 5) is 23.0. The Morgan fingerprint density at radius 2 is 1.94 bits per heavy atom. The highest BCUT2D eigenvalue weighted by atomic mass is 35.5. The molecule has 2 N–H and O–H groups in total. The Balaban J connectivity index is 1.69. The fourth-order valence-electron chi connectivity index (χ4n) is 3.47. The van der Waals surface area contributed by atoms with Crippen LogP contribution in [0.15, 0.2) is 72.1 Å². The summed E-state index contributed by atoms with van der Waals surface area (Å²) in [6.07, 6.45) is 0. The summed E-state index contributed by atoms with van der Waals surface area (Å²) in [5, 5.41) is 21.1. The minimum absolute atomic E-state index is 0.00618. The van der Waals surface area contributed by atoms with Gasteiger partial charge in [-0.05, 0) is 29.8 Å². The largest absolute Gasteiger partial charge is 0.440 e. The zero-order valence-electron chi connectivity index (χ0n) is 16.6. The van der Waals surface area contributed by atoms with E-state index in [1.807, 2.05) is 6.07 Å². The first kappa shape index (κ1) is 22.1. The molecule has 1 aliphatic heterocycles. The molecular weight excluding hydrogens is 469 g/mol. The molecule has 0 aromatic heterocycles. The van der Waals surface area contributed by atoms with Crippen LogP contribution in [0, 0.1) is 21.4 Å². The van der Waals surface area contributed by atoms with Gasteiger partial charge in [-0.25, -0.2) is 4.79 Å². The third-order valence-corrected chi connectivity index (χ3v) is 5.53. The Morgan fingerprint density at radius 1 is 1.15 bits per heavy atom. The van der Waals surface area contributed by atoms with Crippen molar-refractivity contribution in [1.29, 1.82) is 5.26 Å². The van der Waals surface area contributed by atoms with Gasteiger partial charge in [0.05, 0.1) is 21.4 Å². The monoisotopic (exact) mass is 481 g/mol. The van der Waals surface area contributed by atoms with Crippen LogP contribution in [0.25, 0.3) is 0 Å². The average Bonchev–Trinajstić information content (AvgIpc) is 2.78. The quantitative estimate of drug-likeness (QED) is 0.230. The van der Waals surface area contributed by atoms with Crippen molar-refractivity contribution < 1.29 is 19.2 Å². The van der Waals surface area contributed by atoms with Crippen molar-refractivity contribution in [1.82, 2.24) is 0 Å². The number of hydrogen-bond donors (Lipinski definition) is 1. The Bertz CT molecular complexity index is 1380. The molecule has 10 heteroatoms. The van der Waals surface area contributed by atoms with E-state index in [4.69, 9.17) is 38.4 Å². The van der Waals surface area contributed by atoms with E-state index in [9.17, 15) is 20.2 Å². The molecule has 0 fully saturated rings. The van der Waals surface area contributed by atoms with Gasteiger partial charge in [-0.2, -0.15) is 5.26 Å². The molecule has 1 unspecified atom stereocenters. The van der Waals surface area contributed by atoms with E-state index in [2.05, 4.69) is 6.07 Å². The minimum Gasteiger partial charge on any atom is -0.440 e. The Labute approximate surface area is 197 Å². The van der Waals surface area contributed by atoms with E-state index in [1.165, 1.54) is 24.3 Å². The van der Waals surface area contributed by atoms with Gasteiger partial charge in [0.1, 0.15) is 23.1 Å². The molecule has 3 aromatic carbocycles. The van der Waals surface area contributed by atoms with Crippen molar-refractivity contribution in [3.63, 3.8) is 0 Å². The van der Waals surface area contributed by atoms with E-state index in [1.54, 1.807) is 24.3 Å². The number of fused-ring (bicyclic) bond motifs is 1. The molecule has 0 radical (unpaired) electrons. The van der Waals surface area contributed by atoms with Gasteiger partial charge in [0.15, 0.2) is 0 Å². The normalized spacial score (nSPS) is 14.6. The molecule has 0 saturated carbocycles. The van der Waals surface area contributed by atoms with Gasteiger partial charge in [0.25, 0.3) is 5.69 Å². The molecule has 4 rings (SSSR count). The number of ether oxygens (including phenoxy) is 2. The van der Waals surface area contributed by atoms with Crippen LogP contribution >= 0.6 is 23.2 Å². The average molecular weight is 482 g/mol. The summed E-state index contributed by atoms with van der Waals surface area (Å²) in [6, 6.07) is 17.2. The number of allylic oxidation sites excluding steroid dienone is 1. The molecule has 0 spiro atoms. The molecule has 1 atom stereocenters. The summed E-state index contributed by atoms with van der Waals surface area (Å²) < 4.78 is 11.0. The summed E-state index contributed by atoms with van der Waals surface area (Å²) in [6.45, 7) is 0. The van der Waals surface area contributed by atoms with Crippen molar-refractivity contribution >= 4 is 34.9 Å². The van der Waals surface area contributed by atoms with Crippen LogP contribution in [0.2, 0.25) is 10.0 Å². The lowest BCUT2D eigenvalue weighted by molar-refractivity contribution is -0.384. The number of rotatable bonds is 4. The number of nitrogens with zero attached hydrogens (tertiary/aromatic N) is 2. The molecule has 0 saturated heterocycles. The number of halogens is 2. The van der Waals surface area contributed by atoms with Gasteiger partial charge >= 0.3 is 5.97 Å². The van der Waals surface area contributed by atoms with Gasteiger partial charge in [-0.15, -0.1) is 0 Å². The van der Waals surface area contributed by atoms with E-state index >= 15 is 0 Å². The molecule has 33 heavy (non-hydrogen) atoms. The highest BCUT2D eigenvalue weighted by molar-refractivity contribution is 6.33. The second kappa shape index (κ2) is 8.82. The second-order valence-corrected chi connectivity index (χ2v) is 7.83. The van der Waals surface area contributed by atoms with Gasteiger partial charge in [0, 0.05) is 28.8 Å². The lowest BCUT2D eigenvalue weighted by atomic mass is 9.83. The summed E-state index contributed by atoms with van der Waals surface area (Å²) in [5.74, 6) is -1.12. The number of non-ortho nitro benzene ring substituents is 1. The maximum absolute atomic E-state index is 12.6. The maximum Gasteiger partial charge on any atom is 0.345 e. The Kier molecular flexibility index (Phi) is 5.92. The molecule has 0 aliphatic carbocycles. The predicted molar refractivity (Wildman–Crippen MR) is 120 cm³/mol. The molecular formula is C23H13Cl2N3O5. The topological polar surface area (TPSA) is 128 Å². The smallest absolute Gasteiger partial charge is 0.345 e. The first-order valence-electron chi connectivity index (χ1n) is 9.41. The first-order chi connectivity index (χ1) is 15.8. The summed E-state index contributed by atoms with van der Waals surface area (Å²) >= 11 is 12.1. The number of hydrogen-bond acceptors (Lipinski definition) is 7. The Morgan fingerprint density at radius 3 is 2.64 bits per heavy atom. The van der Waals surface area contributed by atoms with Crippen molar-refractivity contribution in [3.05, 3.63) is 109 Å². The van der Waals surface area contributed by atoms with Crippen molar-refractivity contribution in [2.75, 3.05) is 0 Å². The first-order valence-corrected chi connectivity index (χ1v) is 10.2. The second-order valence-electron chi connectivity index (χ2n) is 6.99. The number of esters is 1. The van der Waals surface area contributed by atoms with E-state index in [0.717, 1.165) is 11.6 Å². The van der Waals surface area contributed by atoms with E-state index in [0.29, 0.717) is 10.6 Å². The summed E-state index contributed by atoms with van der Waals surface area (Å²) in [7, 11) is 0.